The number of halogens is 3. The Kier molecular flexibility index (Phi) is 4.02. The summed E-state index contributed by atoms with van der Waals surface area (Å²) in [6, 6.07) is 1.82. The van der Waals surface area contributed by atoms with Gasteiger partial charge in [0, 0.05) is 4.88 Å². The van der Waals surface area contributed by atoms with Gasteiger partial charge in [0.05, 0.1) is 12.0 Å². The smallest absolute Gasteiger partial charge is 0.388 e. The fourth-order valence-corrected chi connectivity index (χ4v) is 3.51. The van der Waals surface area contributed by atoms with Gasteiger partial charge in [-0.05, 0) is 49.1 Å². The van der Waals surface area contributed by atoms with Gasteiger partial charge >= 0.3 is 6.18 Å². The maximum absolute atomic E-state index is 12.7. The van der Waals surface area contributed by atoms with Crippen molar-refractivity contribution in [2.24, 2.45) is 11.8 Å². The molecule has 3 atom stereocenters. The lowest BCUT2D eigenvalue weighted by Gasteiger charge is -2.33. The molecular formula is C13H17F3OS. The highest BCUT2D eigenvalue weighted by molar-refractivity contribution is 7.10. The molecule has 1 aliphatic carbocycles. The topological polar surface area (TPSA) is 20.2 Å². The molecule has 102 valence electrons. The van der Waals surface area contributed by atoms with E-state index >= 15 is 0 Å². The monoisotopic (exact) mass is 278 g/mol. The maximum atomic E-state index is 12.7. The zero-order valence-corrected chi connectivity index (χ0v) is 11.0. The van der Waals surface area contributed by atoms with E-state index in [-0.39, 0.29) is 18.8 Å². The number of rotatable bonds is 2. The predicted octanol–water partition coefficient (Wildman–Crippen LogP) is 4.46. The molecule has 0 radical (unpaired) electrons. The minimum Gasteiger partial charge on any atom is -0.388 e. The SMILES string of the molecule is Cc1sccc1C(O)C1CCCC(C(F)(F)F)C1. The third-order valence-corrected chi connectivity index (χ3v) is 4.70. The molecule has 1 aliphatic rings. The van der Waals surface area contributed by atoms with Crippen molar-refractivity contribution in [2.45, 2.75) is 44.9 Å². The first-order valence-electron chi connectivity index (χ1n) is 6.18. The van der Waals surface area contributed by atoms with Crippen LogP contribution in [0.5, 0.6) is 0 Å². The van der Waals surface area contributed by atoms with E-state index in [0.717, 1.165) is 10.4 Å². The van der Waals surface area contributed by atoms with Crippen LogP contribution in [0.25, 0.3) is 0 Å². The molecule has 0 spiro atoms. The van der Waals surface area contributed by atoms with Crippen molar-refractivity contribution in [3.63, 3.8) is 0 Å². The van der Waals surface area contributed by atoms with Gasteiger partial charge in [-0.2, -0.15) is 13.2 Å². The Hall–Kier alpha value is -0.550. The van der Waals surface area contributed by atoms with Gasteiger partial charge in [0.15, 0.2) is 0 Å². The van der Waals surface area contributed by atoms with E-state index in [1.807, 2.05) is 18.4 Å². The number of aliphatic hydroxyl groups is 1. The van der Waals surface area contributed by atoms with Gasteiger partial charge in [-0.1, -0.05) is 6.42 Å². The molecule has 5 heteroatoms. The van der Waals surface area contributed by atoms with E-state index in [9.17, 15) is 18.3 Å². The summed E-state index contributed by atoms with van der Waals surface area (Å²) in [6.07, 6.45) is -3.38. The molecule has 18 heavy (non-hydrogen) atoms. The number of alkyl halides is 3. The van der Waals surface area contributed by atoms with Crippen LogP contribution in [0.3, 0.4) is 0 Å². The van der Waals surface area contributed by atoms with E-state index in [2.05, 4.69) is 0 Å². The zero-order chi connectivity index (χ0) is 13.3. The average Bonchev–Trinajstić information content (AvgIpc) is 2.73. The van der Waals surface area contributed by atoms with Crippen molar-refractivity contribution in [2.75, 3.05) is 0 Å². The van der Waals surface area contributed by atoms with Crippen LogP contribution in [0.15, 0.2) is 11.4 Å². The Balaban J connectivity index is 2.07. The van der Waals surface area contributed by atoms with Gasteiger partial charge in [0.1, 0.15) is 0 Å². The van der Waals surface area contributed by atoms with Crippen LogP contribution in [0.1, 0.15) is 42.2 Å². The van der Waals surface area contributed by atoms with Crippen LogP contribution in [-0.4, -0.2) is 11.3 Å². The number of aryl methyl sites for hydroxylation is 1. The van der Waals surface area contributed by atoms with E-state index in [0.29, 0.717) is 12.8 Å². The van der Waals surface area contributed by atoms with Gasteiger partial charge in [-0.3, -0.25) is 0 Å². The van der Waals surface area contributed by atoms with E-state index in [4.69, 9.17) is 0 Å². The summed E-state index contributed by atoms with van der Waals surface area (Å²) >= 11 is 1.52. The molecule has 1 N–H and O–H groups in total. The van der Waals surface area contributed by atoms with E-state index < -0.39 is 18.2 Å². The summed E-state index contributed by atoms with van der Waals surface area (Å²) in [6.45, 7) is 1.90. The normalized spacial score (nSPS) is 27.2. The van der Waals surface area contributed by atoms with Crippen molar-refractivity contribution >= 4 is 11.3 Å². The predicted molar refractivity (Wildman–Crippen MR) is 65.5 cm³/mol. The second-order valence-electron chi connectivity index (χ2n) is 5.04. The molecule has 1 saturated carbocycles. The minimum atomic E-state index is -4.12. The summed E-state index contributed by atoms with van der Waals surface area (Å²) < 4.78 is 38.2. The van der Waals surface area contributed by atoms with Crippen LogP contribution in [-0.2, 0) is 0 Å². The lowest BCUT2D eigenvalue weighted by Crippen LogP contribution is -2.31. The number of aliphatic hydroxyl groups excluding tert-OH is 1. The largest absolute Gasteiger partial charge is 0.391 e. The van der Waals surface area contributed by atoms with Gasteiger partial charge in [0.2, 0.25) is 0 Å². The molecule has 2 rings (SSSR count). The first-order valence-corrected chi connectivity index (χ1v) is 7.06. The van der Waals surface area contributed by atoms with Gasteiger partial charge in [0.25, 0.3) is 0 Å². The van der Waals surface area contributed by atoms with E-state index in [1.165, 1.54) is 11.3 Å². The van der Waals surface area contributed by atoms with Crippen molar-refractivity contribution in [3.8, 4) is 0 Å². The number of hydrogen-bond donors (Lipinski definition) is 1. The van der Waals surface area contributed by atoms with Gasteiger partial charge in [-0.25, -0.2) is 0 Å². The van der Waals surface area contributed by atoms with Crippen molar-refractivity contribution in [1.29, 1.82) is 0 Å². The third-order valence-electron chi connectivity index (χ3n) is 3.84. The average molecular weight is 278 g/mol. The maximum Gasteiger partial charge on any atom is 0.391 e. The summed E-state index contributed by atoms with van der Waals surface area (Å²) in [7, 11) is 0. The Labute approximate surface area is 109 Å². The Morgan fingerprint density at radius 1 is 1.39 bits per heavy atom. The Morgan fingerprint density at radius 2 is 2.11 bits per heavy atom. The second-order valence-corrected chi connectivity index (χ2v) is 6.16. The molecule has 1 heterocycles. The molecule has 1 fully saturated rings. The van der Waals surface area contributed by atoms with Crippen molar-refractivity contribution in [3.05, 3.63) is 21.9 Å². The zero-order valence-electron chi connectivity index (χ0n) is 10.2. The third kappa shape index (κ3) is 2.88. The number of hydrogen-bond acceptors (Lipinski definition) is 2. The lowest BCUT2D eigenvalue weighted by atomic mass is 9.77. The molecule has 3 unspecified atom stereocenters. The van der Waals surface area contributed by atoms with E-state index in [1.54, 1.807) is 0 Å². The summed E-state index contributed by atoms with van der Waals surface area (Å²) in [5.74, 6) is -1.51. The highest BCUT2D eigenvalue weighted by atomic mass is 32.1. The van der Waals surface area contributed by atoms with Crippen LogP contribution in [0.2, 0.25) is 0 Å². The Morgan fingerprint density at radius 3 is 2.67 bits per heavy atom. The molecule has 1 aromatic heterocycles. The van der Waals surface area contributed by atoms with Crippen molar-refractivity contribution in [1.82, 2.24) is 0 Å². The summed E-state index contributed by atoms with van der Waals surface area (Å²) in [4.78, 5) is 0.997. The second kappa shape index (κ2) is 5.21. The molecule has 0 bridgehead atoms. The number of thiophene rings is 1. The van der Waals surface area contributed by atoms with Crippen LogP contribution in [0.4, 0.5) is 13.2 Å². The molecule has 0 aliphatic heterocycles. The molecular weight excluding hydrogens is 261 g/mol. The first-order chi connectivity index (χ1) is 8.39. The molecule has 1 nitrogen and oxygen atoms in total. The molecule has 1 aromatic rings. The Bertz CT molecular complexity index is 399. The molecule has 0 saturated heterocycles. The summed E-state index contributed by atoms with van der Waals surface area (Å²) in [5, 5.41) is 12.1. The van der Waals surface area contributed by atoms with Gasteiger partial charge < -0.3 is 5.11 Å². The molecule has 0 amide bonds. The van der Waals surface area contributed by atoms with Crippen molar-refractivity contribution < 1.29 is 18.3 Å². The highest BCUT2D eigenvalue weighted by Gasteiger charge is 2.43. The summed E-state index contributed by atoms with van der Waals surface area (Å²) in [5.41, 5.74) is 0.799. The quantitative estimate of drug-likeness (QED) is 0.847. The van der Waals surface area contributed by atoms with Crippen LogP contribution >= 0.6 is 11.3 Å². The lowest BCUT2D eigenvalue weighted by molar-refractivity contribution is -0.189. The highest BCUT2D eigenvalue weighted by Crippen LogP contribution is 2.44. The minimum absolute atomic E-state index is 0.0555. The van der Waals surface area contributed by atoms with Crippen LogP contribution in [0, 0.1) is 18.8 Å². The fourth-order valence-electron chi connectivity index (χ4n) is 2.77. The van der Waals surface area contributed by atoms with Crippen LogP contribution < -0.4 is 0 Å². The molecule has 0 aromatic carbocycles. The fraction of sp³-hybridized carbons (Fsp3) is 0.692. The first kappa shape index (κ1) is 13.9. The van der Waals surface area contributed by atoms with Gasteiger partial charge in [-0.15, -0.1) is 11.3 Å². The standard InChI is InChI=1S/C13H17F3OS/c1-8-11(5-6-18-8)12(17)9-3-2-4-10(7-9)13(14,15)16/h5-6,9-10,12,17H,2-4,7H2,1H3.